The molecule has 8 aromatic carbocycles. The normalized spacial score (nSPS) is 18.4. The fourth-order valence-electron chi connectivity index (χ4n) is 16.2. The van der Waals surface area contributed by atoms with Crippen LogP contribution in [0.2, 0.25) is 5.02 Å². The number of aromatic nitrogens is 1. The van der Waals surface area contributed by atoms with Crippen LogP contribution in [0.3, 0.4) is 0 Å². The summed E-state index contributed by atoms with van der Waals surface area (Å²) in [7, 11) is 0. The zero-order chi connectivity index (χ0) is 76.3. The van der Waals surface area contributed by atoms with Gasteiger partial charge in [-0.1, -0.05) is 193 Å². The number of fused-ring (bicyclic) bond motifs is 4. The van der Waals surface area contributed by atoms with Crippen LogP contribution in [0.1, 0.15) is 204 Å². The number of hydrogen-bond acceptors (Lipinski definition) is 10. The maximum atomic E-state index is 14.1. The highest BCUT2D eigenvalue weighted by Gasteiger charge is 2.40. The summed E-state index contributed by atoms with van der Waals surface area (Å²) in [5.74, 6) is 4.15. The molecule has 0 N–H and O–H groups in total. The molecule has 9 aromatic rings. The highest BCUT2D eigenvalue weighted by atomic mass is 35.5. The van der Waals surface area contributed by atoms with E-state index in [1.54, 1.807) is 19.3 Å². The molecule has 18 rings (SSSR count). The molecular weight excluding hydrogens is 1390 g/mol. The van der Waals surface area contributed by atoms with Crippen LogP contribution in [0.15, 0.2) is 205 Å². The SMILES string of the molecule is CC(=O)N1CCC2(CC1)c1ccc(cc1)CCCCC1CCCCC(COc3cc(C)cc(c3SC=C([O-])c3cc[n+](Cc4ccc(Cl)cc4)cc3)OC1)OCc1cc(cc(C(C)(C)C)c1)COc1ccc(cc1)C1(CCN(C(C)=O)CC1)c1ccc(cc1)OCc1cc(cc(C(C)(C)C)c1)COc1ccc2cc1. The van der Waals surface area contributed by atoms with Crippen LogP contribution >= 0.6 is 23.4 Å². The van der Waals surface area contributed by atoms with Crippen LogP contribution in [0.5, 0.6) is 28.7 Å². The van der Waals surface area contributed by atoms with E-state index in [4.69, 9.17) is 40.0 Å². The fourth-order valence-corrected chi connectivity index (χ4v) is 17.1. The Morgan fingerprint density at radius 2 is 0.936 bits per heavy atom. The molecule has 570 valence electrons. The zero-order valence-corrected chi connectivity index (χ0v) is 66.8. The molecule has 2 spiro atoms. The highest BCUT2D eigenvalue weighted by Crippen LogP contribution is 2.46. The number of ether oxygens (including phenoxy) is 6. The topological polar surface area (TPSA) is 123 Å². The van der Waals surface area contributed by atoms with Gasteiger partial charge in [-0.25, -0.2) is 4.57 Å². The third-order valence-electron chi connectivity index (χ3n) is 22.9. The molecule has 109 heavy (non-hydrogen) atoms. The average Bonchev–Trinajstić information content (AvgIpc) is 0.832. The van der Waals surface area contributed by atoms with Crippen LogP contribution in [-0.4, -0.2) is 67.1 Å². The van der Waals surface area contributed by atoms with Crippen molar-refractivity contribution in [2.75, 3.05) is 39.4 Å². The van der Waals surface area contributed by atoms with Crippen molar-refractivity contribution < 1.29 is 47.7 Å². The van der Waals surface area contributed by atoms with E-state index in [2.05, 4.69) is 199 Å². The van der Waals surface area contributed by atoms with Crippen LogP contribution in [-0.2, 0) is 75.4 Å². The van der Waals surface area contributed by atoms with Crippen molar-refractivity contribution in [1.29, 1.82) is 0 Å². The monoisotopic (exact) mass is 1500 g/mol. The van der Waals surface area contributed by atoms with Gasteiger partial charge in [0.2, 0.25) is 11.8 Å². The minimum Gasteiger partial charge on any atom is -0.872 e. The number of pyridine rings is 1. The van der Waals surface area contributed by atoms with Crippen molar-refractivity contribution in [3.05, 3.63) is 283 Å². The van der Waals surface area contributed by atoms with Crippen LogP contribution in [0.25, 0.3) is 5.76 Å². The number of amides is 2. The first-order chi connectivity index (χ1) is 52.5. The number of nitrogens with zero attached hydrogens (tertiary/aromatic N) is 3. The summed E-state index contributed by atoms with van der Waals surface area (Å²) in [5.41, 5.74) is 14.7. The summed E-state index contributed by atoms with van der Waals surface area (Å²) >= 11 is 7.54. The van der Waals surface area contributed by atoms with Gasteiger partial charge in [0.25, 0.3) is 0 Å². The summed E-state index contributed by atoms with van der Waals surface area (Å²) in [4.78, 5) is 30.3. The lowest BCUT2D eigenvalue weighted by Crippen LogP contribution is -2.45. The van der Waals surface area contributed by atoms with E-state index in [1.807, 2.05) is 58.6 Å². The van der Waals surface area contributed by atoms with E-state index in [-0.39, 0.29) is 45.3 Å². The molecule has 0 aliphatic carbocycles. The van der Waals surface area contributed by atoms with Gasteiger partial charge in [0.1, 0.15) is 55.2 Å². The van der Waals surface area contributed by atoms with E-state index >= 15 is 0 Å². The molecular formula is C95H108ClN3O9S. The fraction of sp³-hybridized carbons (Fsp3) is 0.400. The Kier molecular flexibility index (Phi) is 25.0. The number of carbonyl (C=O) groups excluding carboxylic acids is 2. The Labute approximate surface area is 656 Å². The minimum atomic E-state index is -0.339. The molecule has 12 nitrogen and oxygen atoms in total. The Bertz CT molecular complexity index is 4590. The summed E-state index contributed by atoms with van der Waals surface area (Å²) in [6.07, 6.45) is 14.7. The standard InChI is InChI=1S/C95H108ClN3O9S/c1-66-50-89-91(109-65-88(102)76-38-44-97(45-39-76)58-70-20-30-83(96)31-21-70)90(51-66)108-64-87-17-13-12-16-71(59-107-89)15-11-10-14-69-18-22-77(23-19-69)94(40-46-98(47-41-94)67(2)100)78-24-32-84(33-25-78)103-60-72-52-73(55-81(54-72)92(4,5)6)61-104-85-34-26-79(27-35-85)95(42-48-99(49-43-95)68(3)101)80-28-36-86(37-29-80)105-62-74-53-75(63-106-87)57-82(56-74)93(7,8)9/h18-39,44-45,50-57,65,71,87H,10-17,40-43,46-49,58-64H2,1-9H3. The van der Waals surface area contributed by atoms with E-state index in [0.29, 0.717) is 100 Å². The molecule has 0 saturated carbocycles. The number of carbonyl (C=O) groups is 2. The second-order valence-corrected chi connectivity index (χ2v) is 34.2. The molecule has 16 bridgehead atoms. The van der Waals surface area contributed by atoms with Crippen LogP contribution in [0.4, 0.5) is 0 Å². The van der Waals surface area contributed by atoms with Gasteiger partial charge >= 0.3 is 0 Å². The Morgan fingerprint density at radius 1 is 0.514 bits per heavy atom. The quantitative estimate of drug-likeness (QED) is 0.0935. The summed E-state index contributed by atoms with van der Waals surface area (Å²) in [5, 5.41) is 16.5. The predicted molar refractivity (Wildman–Crippen MR) is 435 cm³/mol. The van der Waals surface area contributed by atoms with Gasteiger partial charge in [-0.2, -0.15) is 0 Å². The number of rotatable bonds is 5. The molecule has 10 heterocycles. The number of hydrogen-bond donors (Lipinski definition) is 0. The van der Waals surface area contributed by atoms with Gasteiger partial charge in [-0.05, 0) is 226 Å². The molecule has 2 atom stereocenters. The van der Waals surface area contributed by atoms with Gasteiger partial charge < -0.3 is 43.3 Å². The lowest BCUT2D eigenvalue weighted by molar-refractivity contribution is -0.688. The second kappa shape index (κ2) is 34.9. The molecule has 2 amide bonds. The van der Waals surface area contributed by atoms with Gasteiger partial charge in [0, 0.05) is 73.6 Å². The number of likely N-dealkylation sites (tertiary alicyclic amines) is 2. The zero-order valence-electron chi connectivity index (χ0n) is 65.3. The van der Waals surface area contributed by atoms with E-state index in [0.717, 1.165) is 133 Å². The van der Waals surface area contributed by atoms with Crippen LogP contribution in [0, 0.1) is 12.8 Å². The molecule has 0 radical (unpaired) electrons. The first-order valence-corrected chi connectivity index (χ1v) is 40.6. The number of aryl methyl sites for hydroxylation is 2. The third kappa shape index (κ3) is 20.0. The largest absolute Gasteiger partial charge is 0.872 e. The molecule has 2 unspecified atom stereocenters. The smallest absolute Gasteiger partial charge is 0.219 e. The van der Waals surface area contributed by atoms with Crippen LogP contribution < -0.4 is 33.4 Å². The Balaban J connectivity index is 0.799. The van der Waals surface area contributed by atoms with Crippen molar-refractivity contribution in [3.8, 4) is 28.7 Å². The first-order valence-electron chi connectivity index (χ1n) is 39.4. The van der Waals surface area contributed by atoms with Crippen molar-refractivity contribution >= 4 is 40.9 Å². The van der Waals surface area contributed by atoms with Gasteiger partial charge in [0.15, 0.2) is 18.9 Å². The van der Waals surface area contributed by atoms with Gasteiger partial charge in [0.05, 0.1) is 24.2 Å². The average molecular weight is 1500 g/mol. The van der Waals surface area contributed by atoms with Crippen molar-refractivity contribution in [3.63, 3.8) is 0 Å². The Hall–Kier alpha value is -9.01. The third-order valence-corrected chi connectivity index (χ3v) is 24.1. The maximum absolute atomic E-state index is 14.1. The summed E-state index contributed by atoms with van der Waals surface area (Å²) in [6, 6.07) is 64.5. The summed E-state index contributed by atoms with van der Waals surface area (Å²) < 4.78 is 43.0. The molecule has 14 heteroatoms. The van der Waals surface area contributed by atoms with Crippen molar-refractivity contribution in [2.24, 2.45) is 5.92 Å². The van der Waals surface area contributed by atoms with E-state index in [9.17, 15) is 14.7 Å². The van der Waals surface area contributed by atoms with E-state index in [1.165, 1.54) is 50.7 Å². The number of piperidine rings is 2. The lowest BCUT2D eigenvalue weighted by atomic mass is 9.68. The van der Waals surface area contributed by atoms with E-state index < -0.39 is 0 Å². The predicted octanol–water partition coefficient (Wildman–Crippen LogP) is 19.9. The molecule has 9 aliphatic rings. The number of thioether (sulfide) groups is 1. The number of benzene rings is 8. The second-order valence-electron chi connectivity index (χ2n) is 32.9. The van der Waals surface area contributed by atoms with Crippen molar-refractivity contribution in [2.45, 2.75) is 205 Å². The first kappa shape index (κ1) is 78.1. The molecule has 2 fully saturated rings. The van der Waals surface area contributed by atoms with Gasteiger partial charge in [-0.15, -0.1) is 0 Å². The Morgan fingerprint density at radius 3 is 1.39 bits per heavy atom. The van der Waals surface area contributed by atoms with Gasteiger partial charge in [-0.3, -0.25) is 9.59 Å². The molecule has 1 aromatic heterocycles. The summed E-state index contributed by atoms with van der Waals surface area (Å²) in [6.45, 7) is 24.7. The lowest BCUT2D eigenvalue weighted by Gasteiger charge is -2.42. The maximum Gasteiger partial charge on any atom is 0.219 e. The molecule has 2 saturated heterocycles. The highest BCUT2D eigenvalue weighted by molar-refractivity contribution is 8.02. The molecule has 9 aliphatic heterocycles. The minimum absolute atomic E-state index is 0.0983. The van der Waals surface area contributed by atoms with Crippen molar-refractivity contribution in [1.82, 2.24) is 9.80 Å². The number of halogens is 1.